The minimum Gasteiger partial charge on any atom is -0.358 e. The summed E-state index contributed by atoms with van der Waals surface area (Å²) in [7, 11) is 1.79. The number of aromatic nitrogens is 1. The van der Waals surface area contributed by atoms with E-state index in [2.05, 4.69) is 9.98 Å². The molecule has 0 aliphatic rings. The van der Waals surface area contributed by atoms with E-state index in [1.165, 1.54) is 6.92 Å². The zero-order valence-electron chi connectivity index (χ0n) is 11.2. The maximum Gasteiger partial charge on any atom is 0.266 e. The van der Waals surface area contributed by atoms with Crippen LogP contribution in [-0.2, 0) is 6.54 Å². The number of aliphatic imine (C=N–C) groups is 1. The molecule has 1 aromatic heterocycles. The van der Waals surface area contributed by atoms with E-state index in [0.717, 1.165) is 5.56 Å². The van der Waals surface area contributed by atoms with Crippen molar-refractivity contribution >= 4 is 17.4 Å². The average molecular weight is 285 g/mol. The van der Waals surface area contributed by atoms with Crippen molar-refractivity contribution in [2.45, 2.75) is 26.4 Å². The largest absolute Gasteiger partial charge is 0.358 e. The van der Waals surface area contributed by atoms with E-state index >= 15 is 0 Å². The highest BCUT2D eigenvalue weighted by atomic mass is 35.5. The van der Waals surface area contributed by atoms with Gasteiger partial charge in [0.1, 0.15) is 5.15 Å². The van der Waals surface area contributed by atoms with Crippen LogP contribution in [0.5, 0.6) is 0 Å². The second-order valence-electron chi connectivity index (χ2n) is 4.14. The predicted molar refractivity (Wildman–Crippen MR) is 75.1 cm³/mol. The lowest BCUT2D eigenvalue weighted by molar-refractivity contribution is -0.499. The SMILES string of the molecule is CCN(C)C(=NCc1ccc(Cl)nc1)C(C)[N+](=O)[O-]. The maximum absolute atomic E-state index is 10.9. The summed E-state index contributed by atoms with van der Waals surface area (Å²) in [6.07, 6.45) is 1.62. The topological polar surface area (TPSA) is 71.6 Å². The van der Waals surface area contributed by atoms with E-state index in [0.29, 0.717) is 24.1 Å². The van der Waals surface area contributed by atoms with Crippen molar-refractivity contribution in [1.82, 2.24) is 9.88 Å². The summed E-state index contributed by atoms with van der Waals surface area (Å²) in [5.41, 5.74) is 0.863. The highest BCUT2D eigenvalue weighted by Gasteiger charge is 2.23. The molecule has 0 saturated carbocycles. The number of nitro groups is 1. The molecule has 7 heteroatoms. The van der Waals surface area contributed by atoms with Gasteiger partial charge in [0.05, 0.1) is 6.54 Å². The van der Waals surface area contributed by atoms with Crippen LogP contribution in [-0.4, -0.2) is 40.3 Å². The van der Waals surface area contributed by atoms with Gasteiger partial charge < -0.3 is 4.90 Å². The molecule has 0 aliphatic heterocycles. The van der Waals surface area contributed by atoms with Crippen LogP contribution in [0.25, 0.3) is 0 Å². The van der Waals surface area contributed by atoms with Gasteiger partial charge in [-0.3, -0.25) is 15.1 Å². The standard InChI is InChI=1S/C12H17ClN4O2/c1-4-16(3)12(9(2)17(18)19)15-8-10-5-6-11(13)14-7-10/h5-7,9H,4,8H2,1-3H3. The predicted octanol–water partition coefficient (Wildman–Crippen LogP) is 2.25. The Balaban J connectivity index is 2.88. The van der Waals surface area contributed by atoms with Gasteiger partial charge in [0.2, 0.25) is 0 Å². The van der Waals surface area contributed by atoms with E-state index in [1.54, 1.807) is 30.3 Å². The number of halogens is 1. The second-order valence-corrected chi connectivity index (χ2v) is 4.53. The fourth-order valence-corrected chi connectivity index (χ4v) is 1.61. The molecule has 0 saturated heterocycles. The lowest BCUT2D eigenvalue weighted by Gasteiger charge is -2.20. The summed E-state index contributed by atoms with van der Waals surface area (Å²) in [6.45, 7) is 4.47. The highest BCUT2D eigenvalue weighted by molar-refractivity contribution is 6.29. The molecule has 0 bridgehead atoms. The first-order valence-corrected chi connectivity index (χ1v) is 6.33. The molecule has 1 unspecified atom stereocenters. The Labute approximate surface area is 117 Å². The first-order chi connectivity index (χ1) is 8.95. The molecule has 0 aliphatic carbocycles. The zero-order valence-corrected chi connectivity index (χ0v) is 12.0. The molecule has 19 heavy (non-hydrogen) atoms. The van der Waals surface area contributed by atoms with E-state index in [1.807, 2.05) is 6.92 Å². The Morgan fingerprint density at radius 3 is 2.79 bits per heavy atom. The number of hydrogen-bond acceptors (Lipinski definition) is 4. The number of amidine groups is 1. The molecule has 0 radical (unpaired) electrons. The van der Waals surface area contributed by atoms with Crippen LogP contribution in [0.4, 0.5) is 0 Å². The molecule has 1 heterocycles. The first kappa shape index (κ1) is 15.4. The molecule has 0 amide bonds. The van der Waals surface area contributed by atoms with Gasteiger partial charge >= 0.3 is 0 Å². The molecular formula is C12H17ClN4O2. The van der Waals surface area contributed by atoms with Crippen LogP contribution in [0.15, 0.2) is 23.3 Å². The van der Waals surface area contributed by atoms with Gasteiger partial charge in [-0.05, 0) is 18.6 Å². The van der Waals surface area contributed by atoms with Crippen LogP contribution in [0.2, 0.25) is 5.15 Å². The van der Waals surface area contributed by atoms with E-state index in [9.17, 15) is 10.1 Å². The van der Waals surface area contributed by atoms with E-state index < -0.39 is 6.04 Å². The van der Waals surface area contributed by atoms with Gasteiger partial charge in [0.15, 0.2) is 5.84 Å². The average Bonchev–Trinajstić information content (AvgIpc) is 2.40. The normalized spacial score (nSPS) is 13.2. The molecule has 6 nitrogen and oxygen atoms in total. The zero-order chi connectivity index (χ0) is 14.4. The molecule has 0 fully saturated rings. The van der Waals surface area contributed by atoms with Gasteiger partial charge in [-0.2, -0.15) is 0 Å². The minimum absolute atomic E-state index is 0.342. The number of pyridine rings is 1. The van der Waals surface area contributed by atoms with Crippen molar-refractivity contribution < 1.29 is 4.92 Å². The second kappa shape index (κ2) is 7.04. The minimum atomic E-state index is -0.829. The third kappa shape index (κ3) is 4.48. The Morgan fingerprint density at radius 2 is 2.32 bits per heavy atom. The van der Waals surface area contributed by atoms with Crippen molar-refractivity contribution in [3.63, 3.8) is 0 Å². The van der Waals surface area contributed by atoms with Gasteiger partial charge in [-0.25, -0.2) is 4.98 Å². The number of rotatable bonds is 5. The monoisotopic (exact) mass is 284 g/mol. The first-order valence-electron chi connectivity index (χ1n) is 5.95. The van der Waals surface area contributed by atoms with Crippen molar-refractivity contribution in [2.24, 2.45) is 4.99 Å². The van der Waals surface area contributed by atoms with Crippen LogP contribution < -0.4 is 0 Å². The fourth-order valence-electron chi connectivity index (χ4n) is 1.50. The Bertz CT molecular complexity index is 461. The Morgan fingerprint density at radius 1 is 1.63 bits per heavy atom. The smallest absolute Gasteiger partial charge is 0.266 e. The third-order valence-corrected chi connectivity index (χ3v) is 2.99. The maximum atomic E-state index is 10.9. The summed E-state index contributed by atoms with van der Waals surface area (Å²) in [4.78, 5) is 20.6. The van der Waals surface area contributed by atoms with Gasteiger partial charge in [0, 0.05) is 31.6 Å². The molecule has 0 spiro atoms. The van der Waals surface area contributed by atoms with Crippen molar-refractivity contribution in [2.75, 3.05) is 13.6 Å². The summed E-state index contributed by atoms with van der Waals surface area (Å²) in [6, 6.07) is 2.65. The lowest BCUT2D eigenvalue weighted by atomic mass is 10.2. The molecule has 0 aromatic carbocycles. The number of hydrogen-bond donors (Lipinski definition) is 0. The summed E-state index contributed by atoms with van der Waals surface area (Å²) in [5.74, 6) is 0.461. The highest BCUT2D eigenvalue weighted by Crippen LogP contribution is 2.08. The van der Waals surface area contributed by atoms with Crippen molar-refractivity contribution in [3.05, 3.63) is 39.2 Å². The van der Waals surface area contributed by atoms with Crippen LogP contribution in [0.1, 0.15) is 19.4 Å². The van der Waals surface area contributed by atoms with Gasteiger partial charge in [-0.15, -0.1) is 0 Å². The number of likely N-dealkylation sites (N-methyl/N-ethyl adjacent to an activating group) is 1. The Kier molecular flexibility index (Phi) is 5.69. The Hall–Kier alpha value is -1.69. The summed E-state index contributed by atoms with van der Waals surface area (Å²) in [5, 5.41) is 11.3. The molecule has 0 N–H and O–H groups in total. The summed E-state index contributed by atoms with van der Waals surface area (Å²) < 4.78 is 0. The fraction of sp³-hybridized carbons (Fsp3) is 0.500. The van der Waals surface area contributed by atoms with Crippen molar-refractivity contribution in [3.8, 4) is 0 Å². The van der Waals surface area contributed by atoms with Crippen LogP contribution in [0, 0.1) is 10.1 Å². The van der Waals surface area contributed by atoms with Crippen LogP contribution >= 0.6 is 11.6 Å². The van der Waals surface area contributed by atoms with E-state index in [-0.39, 0.29) is 4.92 Å². The van der Waals surface area contributed by atoms with E-state index in [4.69, 9.17) is 11.6 Å². The lowest BCUT2D eigenvalue weighted by Crippen LogP contribution is -2.39. The molecule has 104 valence electrons. The van der Waals surface area contributed by atoms with Gasteiger partial charge in [0.25, 0.3) is 6.04 Å². The summed E-state index contributed by atoms with van der Waals surface area (Å²) >= 11 is 5.69. The van der Waals surface area contributed by atoms with Gasteiger partial charge in [-0.1, -0.05) is 17.7 Å². The quantitative estimate of drug-likeness (QED) is 0.273. The molecule has 1 aromatic rings. The third-order valence-electron chi connectivity index (χ3n) is 2.77. The molecule has 1 atom stereocenters. The van der Waals surface area contributed by atoms with Crippen molar-refractivity contribution in [1.29, 1.82) is 0 Å². The number of nitrogens with zero attached hydrogens (tertiary/aromatic N) is 4. The molecular weight excluding hydrogens is 268 g/mol. The van der Waals surface area contributed by atoms with Crippen LogP contribution in [0.3, 0.4) is 0 Å². The molecule has 1 rings (SSSR count).